The molecule has 11 heterocycles. The van der Waals surface area contributed by atoms with Crippen LogP contribution in [0.4, 0.5) is 95.6 Å². The van der Waals surface area contributed by atoms with Gasteiger partial charge in [-0.2, -0.15) is 26.3 Å². The maximum absolute atomic E-state index is 12.7. The Balaban J connectivity index is 0.000000131. The third-order valence-electron chi connectivity index (χ3n) is 18.1. The van der Waals surface area contributed by atoms with Crippen LogP contribution < -0.4 is 49.2 Å². The monoisotopic (exact) mass is 1780 g/mol. The van der Waals surface area contributed by atoms with Gasteiger partial charge in [-0.15, -0.1) is 119 Å². The van der Waals surface area contributed by atoms with E-state index < -0.39 is 23.5 Å². The number of aryl methyl sites for hydroxylation is 6. The first-order valence-electron chi connectivity index (χ1n) is 32.9. The molecule has 0 N–H and O–H groups in total. The number of halogens is 6. The molecule has 0 saturated carbocycles. The molecule has 536 valence electrons. The zero-order valence-corrected chi connectivity index (χ0v) is 63.0. The van der Waals surface area contributed by atoms with Gasteiger partial charge in [0.15, 0.2) is 0 Å². The number of anilines is 12. The Morgan fingerprint density at radius 2 is 0.642 bits per heavy atom. The molecule has 27 heteroatoms. The third kappa shape index (κ3) is 14.0. The van der Waals surface area contributed by atoms with E-state index in [1.807, 2.05) is 118 Å². The fourth-order valence-electron chi connectivity index (χ4n) is 13.8. The summed E-state index contributed by atoms with van der Waals surface area (Å²) in [4.78, 5) is 65.0. The summed E-state index contributed by atoms with van der Waals surface area (Å²) in [6, 6.07) is 40.6. The van der Waals surface area contributed by atoms with E-state index in [0.717, 1.165) is 128 Å². The largest absolute Gasteiger partial charge is 4.00 e. The van der Waals surface area contributed by atoms with Gasteiger partial charge in [0, 0.05) is 62.0 Å². The molecule has 0 spiro atoms. The van der Waals surface area contributed by atoms with Crippen LogP contribution in [0.2, 0.25) is 0 Å². The smallest absolute Gasteiger partial charge is 0.657 e. The molecule has 0 unspecified atom stereocenters. The second-order valence-electron chi connectivity index (χ2n) is 25.6. The van der Waals surface area contributed by atoms with Crippen molar-refractivity contribution < 1.29 is 68.5 Å². The molecule has 0 atom stereocenters. The second kappa shape index (κ2) is 29.1. The number of fused-ring (bicyclic) bond motifs is 10. The summed E-state index contributed by atoms with van der Waals surface area (Å²) in [6.45, 7) is 20.9. The molecule has 18 rings (SSSR count). The van der Waals surface area contributed by atoms with Crippen LogP contribution in [-0.4, -0.2) is 73.0 Å². The Kier molecular flexibility index (Phi) is 20.1. The average Bonchev–Trinajstić information content (AvgIpc) is 1.62. The molecule has 0 fully saturated rings. The number of nitrogens with zero attached hydrogens (tertiary/aromatic N) is 19. The van der Waals surface area contributed by atoms with E-state index in [2.05, 4.69) is 163 Å². The number of aromatic nitrogens is 11. The van der Waals surface area contributed by atoms with Gasteiger partial charge in [-0.3, -0.25) is 4.98 Å². The van der Waals surface area contributed by atoms with Gasteiger partial charge in [-0.05, 0) is 143 Å². The van der Waals surface area contributed by atoms with Gasteiger partial charge in [0.25, 0.3) is 0 Å². The predicted molar refractivity (Wildman–Crippen MR) is 395 cm³/mol. The van der Waals surface area contributed by atoms with E-state index in [4.69, 9.17) is 0 Å². The fraction of sp³-hybridized carbons (Fsp3) is 0.152. The molecule has 0 aliphatic carbocycles. The van der Waals surface area contributed by atoms with Crippen molar-refractivity contribution in [2.45, 2.75) is 53.9 Å². The molecule has 4 aliphatic heterocycles. The normalized spacial score (nSPS) is 13.6. The van der Waals surface area contributed by atoms with Crippen LogP contribution in [0, 0.1) is 80.3 Å². The number of hydrogen-bond acceptors (Lipinski definition) is 17. The van der Waals surface area contributed by atoms with Crippen molar-refractivity contribution in [2.75, 3.05) is 67.4 Å². The quantitative estimate of drug-likeness (QED) is 0.114. The Morgan fingerprint density at radius 1 is 0.340 bits per heavy atom. The Morgan fingerprint density at radius 3 is 0.981 bits per heavy atom. The SMILES string of the molecule is Cc1cc(C)c(-c2cc(N3[CH-]N(C)c4nccnc43)[c-]c(N3[CH-]N(C)c4nccnc43)c2)c(C)c1.Cc1cc(C)c(-c2cc(N3[CH-]N(C)c4nccnc43)[c-]c(N3[CH-]N(C)c4nccnc43)c2)c(C)c1.FC(F)(F)c1ccc2[n-]c3ccc(C(F)(F)F)cc3c2c1.[Pt+4].[Pt+4].c1ccc2c(c1)[n-]c1cnccc12. The molecule has 14 aromatic rings. The molecule has 106 heavy (non-hydrogen) atoms. The minimum Gasteiger partial charge on any atom is -0.657 e. The third-order valence-corrected chi connectivity index (χ3v) is 18.1. The first-order chi connectivity index (χ1) is 49.9. The summed E-state index contributed by atoms with van der Waals surface area (Å²) in [7, 11) is 7.90. The summed E-state index contributed by atoms with van der Waals surface area (Å²) >= 11 is 0. The van der Waals surface area contributed by atoms with Gasteiger partial charge < -0.3 is 49.2 Å². The molecule has 19 nitrogen and oxygen atoms in total. The number of benzene rings is 7. The van der Waals surface area contributed by atoms with E-state index in [9.17, 15) is 26.3 Å². The first-order valence-corrected chi connectivity index (χ1v) is 32.9. The van der Waals surface area contributed by atoms with Crippen molar-refractivity contribution in [1.82, 2.24) is 54.8 Å². The average molecular weight is 1780 g/mol. The van der Waals surface area contributed by atoms with Crippen molar-refractivity contribution in [2.24, 2.45) is 0 Å². The zero-order chi connectivity index (χ0) is 72.6. The van der Waals surface area contributed by atoms with Crippen LogP contribution in [-0.2, 0) is 54.5 Å². The summed E-state index contributed by atoms with van der Waals surface area (Å²) in [6.07, 6.45) is 8.19. The summed E-state index contributed by atoms with van der Waals surface area (Å²) < 4.78 is 76.1. The van der Waals surface area contributed by atoms with Crippen molar-refractivity contribution >= 4 is 113 Å². The van der Waals surface area contributed by atoms with Crippen LogP contribution in [0.1, 0.15) is 44.5 Å². The minimum atomic E-state index is -4.56. The van der Waals surface area contributed by atoms with Crippen molar-refractivity contribution in [3.8, 4) is 22.3 Å². The molecule has 0 amide bonds. The van der Waals surface area contributed by atoms with Crippen LogP contribution in [0.3, 0.4) is 0 Å². The van der Waals surface area contributed by atoms with E-state index in [-0.39, 0.29) is 63.9 Å². The van der Waals surface area contributed by atoms with Gasteiger partial charge in [0.2, 0.25) is 0 Å². The van der Waals surface area contributed by atoms with E-state index in [1.54, 1.807) is 62.0 Å². The maximum Gasteiger partial charge on any atom is 4.00 e. The Hall–Kier alpha value is -11.0. The van der Waals surface area contributed by atoms with Crippen LogP contribution in [0.25, 0.3) is 65.9 Å². The molecule has 0 bridgehead atoms. The first kappa shape index (κ1) is 73.3. The second-order valence-corrected chi connectivity index (χ2v) is 25.6. The van der Waals surface area contributed by atoms with E-state index >= 15 is 0 Å². The standard InChI is InChI=1S/2C27H25N8.C14H6F6N.C11H7N2.2Pt/c2*1-17-10-18(2)23(19(3)11-17)20-12-21(34-15-32(4)24-26(34)30-8-6-28-24)14-22(13-20)35-16-33(5)25-27(35)31-9-7-29-25;15-13(16,17)7-1-3-11-9(5-7)10-6-8(14(18,19)20)2-4-12(10)21-11;1-2-4-10-8(3-1)9-5-6-12-7-11(9)13-10;;/h2*6-13,15-16H,1-5H3;1-6H;1-7H;;/q2*-3;2*-1;2*+4. The Labute approximate surface area is 636 Å². The van der Waals surface area contributed by atoms with Crippen LogP contribution >= 0.6 is 0 Å². The molecular weight excluding hydrogens is 1720 g/mol. The number of pyridine rings is 1. The number of hydrogen-bond donors (Lipinski definition) is 0. The fourth-order valence-corrected chi connectivity index (χ4v) is 13.8. The van der Waals surface area contributed by atoms with Crippen LogP contribution in [0.15, 0.2) is 177 Å². The molecule has 0 saturated heterocycles. The topological polar surface area (TPSA) is 170 Å². The zero-order valence-electron chi connectivity index (χ0n) is 58.4. The molecule has 7 aromatic heterocycles. The molecule has 7 aromatic carbocycles. The van der Waals surface area contributed by atoms with Crippen molar-refractivity contribution in [1.29, 1.82) is 0 Å². The summed E-state index contributed by atoms with van der Waals surface area (Å²) in [5, 5.41) is 2.52. The predicted octanol–water partition coefficient (Wildman–Crippen LogP) is 17.5. The van der Waals surface area contributed by atoms with Gasteiger partial charge in [-0.1, -0.05) is 83.9 Å². The molecule has 4 aliphatic rings. The number of alkyl halides is 6. The van der Waals surface area contributed by atoms with Gasteiger partial charge >= 0.3 is 54.5 Å². The molecule has 0 radical (unpaired) electrons. The maximum atomic E-state index is 12.7. The van der Waals surface area contributed by atoms with Gasteiger partial charge in [-0.25, -0.2) is 39.9 Å². The minimum absolute atomic E-state index is 0. The van der Waals surface area contributed by atoms with Gasteiger partial charge in [0.1, 0.15) is 46.5 Å². The van der Waals surface area contributed by atoms with Gasteiger partial charge in [0.05, 0.1) is 11.1 Å². The summed E-state index contributed by atoms with van der Waals surface area (Å²) in [5.41, 5.74) is 16.2. The number of rotatable bonds is 6. The summed E-state index contributed by atoms with van der Waals surface area (Å²) in [5.74, 6) is 6.31. The Bertz CT molecular complexity index is 5110. The van der Waals surface area contributed by atoms with Crippen molar-refractivity contribution in [3.05, 3.63) is 261 Å². The van der Waals surface area contributed by atoms with E-state index in [1.165, 1.54) is 55.3 Å². The van der Waals surface area contributed by atoms with E-state index in [0.29, 0.717) is 0 Å². The van der Waals surface area contributed by atoms with Crippen molar-refractivity contribution in [3.63, 3.8) is 0 Å². The molecular formula is C79H63F6N19Pt2. The van der Waals surface area contributed by atoms with Crippen LogP contribution in [0.5, 0.6) is 0 Å². The number of para-hydroxylation sites is 1.